The summed E-state index contributed by atoms with van der Waals surface area (Å²) in [5.74, 6) is -0.924. The molecule has 0 aliphatic heterocycles. The standard InChI is InChI=1S/C23H19FN4O2S/c1-14-12-19(29)21(27-28(14)17-9-4-3-5-10-17)22(30)26-23-25-15(2)20(31-23)13-16-8-6-7-11-18(16)24/h3-12H,13H2,1-2H3,(H,25,26,30). The highest BCUT2D eigenvalue weighted by Crippen LogP contribution is 2.26. The van der Waals surface area contributed by atoms with Crippen LogP contribution < -0.4 is 10.7 Å². The van der Waals surface area contributed by atoms with Crippen LogP contribution >= 0.6 is 11.3 Å². The van der Waals surface area contributed by atoms with E-state index in [0.29, 0.717) is 28.5 Å². The minimum Gasteiger partial charge on any atom is -0.296 e. The van der Waals surface area contributed by atoms with E-state index in [1.807, 2.05) is 30.3 Å². The molecule has 1 amide bonds. The van der Waals surface area contributed by atoms with Gasteiger partial charge in [-0.15, -0.1) is 11.3 Å². The van der Waals surface area contributed by atoms with E-state index in [0.717, 1.165) is 10.6 Å². The Hall–Kier alpha value is -3.65. The van der Waals surface area contributed by atoms with E-state index in [4.69, 9.17) is 0 Å². The molecule has 4 rings (SSSR count). The molecule has 0 aliphatic carbocycles. The van der Waals surface area contributed by atoms with Crippen molar-refractivity contribution in [2.24, 2.45) is 0 Å². The highest BCUT2D eigenvalue weighted by molar-refractivity contribution is 7.15. The van der Waals surface area contributed by atoms with E-state index in [2.05, 4.69) is 15.4 Å². The maximum absolute atomic E-state index is 14.0. The molecule has 8 heteroatoms. The van der Waals surface area contributed by atoms with Crippen molar-refractivity contribution < 1.29 is 9.18 Å². The Bertz CT molecular complexity index is 1310. The lowest BCUT2D eigenvalue weighted by Gasteiger charge is -2.10. The van der Waals surface area contributed by atoms with Gasteiger partial charge in [-0.1, -0.05) is 36.4 Å². The third-order valence-electron chi connectivity index (χ3n) is 4.75. The molecule has 31 heavy (non-hydrogen) atoms. The summed E-state index contributed by atoms with van der Waals surface area (Å²) in [6.45, 7) is 3.55. The van der Waals surface area contributed by atoms with Crippen molar-refractivity contribution in [1.29, 1.82) is 0 Å². The minimum absolute atomic E-state index is 0.224. The van der Waals surface area contributed by atoms with Crippen molar-refractivity contribution >= 4 is 22.4 Å². The van der Waals surface area contributed by atoms with Crippen LogP contribution in [0.25, 0.3) is 5.69 Å². The van der Waals surface area contributed by atoms with E-state index >= 15 is 0 Å². The SMILES string of the molecule is Cc1nc(NC(=O)c2nn(-c3ccccc3)c(C)cc2=O)sc1Cc1ccccc1F. The smallest absolute Gasteiger partial charge is 0.281 e. The lowest BCUT2D eigenvalue weighted by Crippen LogP contribution is -2.26. The van der Waals surface area contributed by atoms with Crippen LogP contribution in [0, 0.1) is 19.7 Å². The number of nitrogens with zero attached hydrogens (tertiary/aromatic N) is 3. The number of rotatable bonds is 5. The van der Waals surface area contributed by atoms with Gasteiger partial charge in [-0.25, -0.2) is 14.1 Å². The molecule has 0 fully saturated rings. The van der Waals surface area contributed by atoms with Crippen LogP contribution in [0.4, 0.5) is 9.52 Å². The lowest BCUT2D eigenvalue weighted by molar-refractivity contribution is 0.101. The number of hydrogen-bond acceptors (Lipinski definition) is 5. The molecule has 156 valence electrons. The van der Waals surface area contributed by atoms with Crippen LogP contribution in [0.1, 0.15) is 32.3 Å². The van der Waals surface area contributed by atoms with Crippen LogP contribution in [0.2, 0.25) is 0 Å². The van der Waals surface area contributed by atoms with Crippen molar-refractivity contribution in [2.75, 3.05) is 5.32 Å². The van der Waals surface area contributed by atoms with Gasteiger partial charge in [0.25, 0.3) is 5.91 Å². The number of anilines is 1. The molecular weight excluding hydrogens is 415 g/mol. The van der Waals surface area contributed by atoms with Crippen LogP contribution in [0.15, 0.2) is 65.5 Å². The summed E-state index contributed by atoms with van der Waals surface area (Å²) in [4.78, 5) is 30.4. The van der Waals surface area contributed by atoms with Crippen LogP contribution in [-0.4, -0.2) is 20.7 Å². The van der Waals surface area contributed by atoms with E-state index in [-0.39, 0.29) is 11.5 Å². The van der Waals surface area contributed by atoms with Gasteiger partial charge in [-0.05, 0) is 37.6 Å². The van der Waals surface area contributed by atoms with Crippen molar-refractivity contribution in [3.8, 4) is 5.69 Å². The van der Waals surface area contributed by atoms with Crippen molar-refractivity contribution in [3.05, 3.63) is 104 Å². The maximum Gasteiger partial charge on any atom is 0.281 e. The summed E-state index contributed by atoms with van der Waals surface area (Å²) in [6.07, 6.45) is 0.371. The molecule has 0 atom stereocenters. The van der Waals surface area contributed by atoms with Gasteiger partial charge in [-0.2, -0.15) is 5.10 Å². The Kier molecular flexibility index (Phi) is 5.73. The highest BCUT2D eigenvalue weighted by atomic mass is 32.1. The number of carbonyl (C=O) groups excluding carboxylic acids is 1. The first-order chi connectivity index (χ1) is 14.9. The fourth-order valence-electron chi connectivity index (χ4n) is 3.15. The average Bonchev–Trinajstić information content (AvgIpc) is 3.09. The third-order valence-corrected chi connectivity index (χ3v) is 5.82. The molecule has 0 aliphatic rings. The summed E-state index contributed by atoms with van der Waals surface area (Å²) in [7, 11) is 0. The first-order valence-corrected chi connectivity index (χ1v) is 10.4. The van der Waals surface area contributed by atoms with Crippen molar-refractivity contribution in [2.45, 2.75) is 20.3 Å². The summed E-state index contributed by atoms with van der Waals surface area (Å²) in [5, 5.41) is 7.26. The number of para-hydroxylation sites is 1. The second-order valence-corrected chi connectivity index (χ2v) is 8.08. The van der Waals surface area contributed by atoms with Gasteiger partial charge in [0, 0.05) is 23.1 Å². The zero-order valence-corrected chi connectivity index (χ0v) is 17.7. The molecule has 6 nitrogen and oxygen atoms in total. The van der Waals surface area contributed by atoms with Gasteiger partial charge in [0.1, 0.15) is 5.82 Å². The zero-order valence-electron chi connectivity index (χ0n) is 16.9. The molecule has 2 heterocycles. The molecule has 0 saturated heterocycles. The Morgan fingerprint density at radius 2 is 1.81 bits per heavy atom. The summed E-state index contributed by atoms with van der Waals surface area (Å²) in [6, 6.07) is 17.2. The van der Waals surface area contributed by atoms with Crippen LogP contribution in [0.5, 0.6) is 0 Å². The normalized spacial score (nSPS) is 10.8. The Balaban J connectivity index is 1.59. The number of thiazole rings is 1. The molecule has 0 unspecified atom stereocenters. The number of halogens is 1. The monoisotopic (exact) mass is 434 g/mol. The summed E-state index contributed by atoms with van der Waals surface area (Å²) >= 11 is 1.25. The van der Waals surface area contributed by atoms with Crippen LogP contribution in [-0.2, 0) is 6.42 Å². The maximum atomic E-state index is 14.0. The van der Waals surface area contributed by atoms with Crippen LogP contribution in [0.3, 0.4) is 0 Å². The number of aryl methyl sites for hydroxylation is 2. The van der Waals surface area contributed by atoms with Gasteiger partial charge >= 0.3 is 0 Å². The number of carbonyl (C=O) groups is 1. The summed E-state index contributed by atoms with van der Waals surface area (Å²) in [5.41, 5.74) is 1.91. The van der Waals surface area contributed by atoms with E-state index in [9.17, 15) is 14.0 Å². The largest absolute Gasteiger partial charge is 0.296 e. The topological polar surface area (TPSA) is 76.9 Å². The van der Waals surface area contributed by atoms with Gasteiger partial charge in [0.15, 0.2) is 10.8 Å². The van der Waals surface area contributed by atoms with Gasteiger partial charge in [0.2, 0.25) is 5.43 Å². The van der Waals surface area contributed by atoms with Gasteiger partial charge < -0.3 is 0 Å². The molecule has 0 bridgehead atoms. The van der Waals surface area contributed by atoms with Crippen molar-refractivity contribution in [3.63, 3.8) is 0 Å². The van der Waals surface area contributed by atoms with Gasteiger partial charge in [0.05, 0.1) is 11.4 Å². The molecule has 2 aromatic heterocycles. The highest BCUT2D eigenvalue weighted by Gasteiger charge is 2.18. The predicted octanol–water partition coefficient (Wildman–Crippen LogP) is 4.29. The first kappa shape index (κ1) is 20.6. The Morgan fingerprint density at radius 3 is 2.55 bits per heavy atom. The van der Waals surface area contributed by atoms with Gasteiger partial charge in [-0.3, -0.25) is 14.9 Å². The van der Waals surface area contributed by atoms with E-state index in [1.165, 1.54) is 23.5 Å². The number of hydrogen-bond donors (Lipinski definition) is 1. The second kappa shape index (κ2) is 8.61. The molecule has 0 saturated carbocycles. The predicted molar refractivity (Wildman–Crippen MR) is 119 cm³/mol. The molecule has 0 radical (unpaired) electrons. The molecule has 1 N–H and O–H groups in total. The average molecular weight is 434 g/mol. The Morgan fingerprint density at radius 1 is 1.10 bits per heavy atom. The molecular formula is C23H19FN4O2S. The fraction of sp³-hybridized carbons (Fsp3) is 0.130. The third kappa shape index (κ3) is 4.44. The number of aromatic nitrogens is 3. The first-order valence-electron chi connectivity index (χ1n) is 9.60. The zero-order chi connectivity index (χ0) is 22.0. The molecule has 0 spiro atoms. The lowest BCUT2D eigenvalue weighted by atomic mass is 10.1. The second-order valence-electron chi connectivity index (χ2n) is 7.00. The molecule has 4 aromatic rings. The number of benzene rings is 2. The van der Waals surface area contributed by atoms with E-state index < -0.39 is 11.3 Å². The van der Waals surface area contributed by atoms with Crippen molar-refractivity contribution in [1.82, 2.24) is 14.8 Å². The number of amides is 1. The Labute approximate surface area is 182 Å². The summed E-state index contributed by atoms with van der Waals surface area (Å²) < 4.78 is 15.5. The quantitative estimate of drug-likeness (QED) is 0.508. The molecule has 2 aromatic carbocycles. The van der Waals surface area contributed by atoms with E-state index in [1.54, 1.807) is 36.7 Å². The number of nitrogens with one attached hydrogen (secondary N) is 1. The fourth-order valence-corrected chi connectivity index (χ4v) is 4.13. The minimum atomic E-state index is -0.638.